The fraction of sp³-hybridized carbons (Fsp3) is 0.769. The predicted molar refractivity (Wildman–Crippen MR) is 126 cm³/mol. The highest BCUT2D eigenvalue weighted by molar-refractivity contribution is 5.28. The topological polar surface area (TPSA) is 45.4 Å². The van der Waals surface area contributed by atoms with E-state index in [2.05, 4.69) is 26.8 Å². The molecule has 3 nitrogen and oxygen atoms in total. The van der Waals surface area contributed by atoms with Gasteiger partial charge in [0, 0.05) is 12.1 Å². The summed E-state index contributed by atoms with van der Waals surface area (Å²) in [6.45, 7) is 6.59. The van der Waals surface area contributed by atoms with Gasteiger partial charge in [-0.3, -0.25) is 4.57 Å². The molecule has 0 aliphatic heterocycles. The zero-order chi connectivity index (χ0) is 21.3. The Hall–Kier alpha value is -1.38. The third-order valence-corrected chi connectivity index (χ3v) is 6.07. The molecule has 1 atom stereocenters. The van der Waals surface area contributed by atoms with Crippen molar-refractivity contribution < 1.29 is 10.2 Å². The van der Waals surface area contributed by atoms with E-state index in [9.17, 15) is 10.2 Å². The second-order valence-electron chi connectivity index (χ2n) is 8.70. The SMILES string of the molecule is CCCCCCCCCCCCCCC=C(C)C(CCCC)n1c(O)ccc1O. The summed E-state index contributed by atoms with van der Waals surface area (Å²) >= 11 is 0. The summed E-state index contributed by atoms with van der Waals surface area (Å²) in [5.74, 6) is 0.309. The Labute approximate surface area is 180 Å². The molecular weight excluding hydrogens is 358 g/mol. The van der Waals surface area contributed by atoms with Crippen molar-refractivity contribution in [2.45, 2.75) is 130 Å². The smallest absolute Gasteiger partial charge is 0.194 e. The van der Waals surface area contributed by atoms with E-state index in [0.717, 1.165) is 25.7 Å². The highest BCUT2D eigenvalue weighted by Gasteiger charge is 2.18. The van der Waals surface area contributed by atoms with Crippen LogP contribution in [0.3, 0.4) is 0 Å². The van der Waals surface area contributed by atoms with Crippen LogP contribution in [-0.2, 0) is 0 Å². The second-order valence-corrected chi connectivity index (χ2v) is 8.70. The molecule has 0 aromatic carbocycles. The van der Waals surface area contributed by atoms with E-state index in [1.54, 1.807) is 16.7 Å². The van der Waals surface area contributed by atoms with Gasteiger partial charge in [-0.1, -0.05) is 109 Å². The number of nitrogens with zero attached hydrogens (tertiary/aromatic N) is 1. The van der Waals surface area contributed by atoms with Crippen LogP contribution < -0.4 is 0 Å². The van der Waals surface area contributed by atoms with E-state index >= 15 is 0 Å². The van der Waals surface area contributed by atoms with Crippen LogP contribution in [0.25, 0.3) is 0 Å². The molecule has 1 rings (SSSR count). The van der Waals surface area contributed by atoms with Crippen LogP contribution in [-0.4, -0.2) is 14.8 Å². The molecule has 2 N–H and O–H groups in total. The van der Waals surface area contributed by atoms with Crippen LogP contribution >= 0.6 is 0 Å². The molecule has 0 saturated carbocycles. The van der Waals surface area contributed by atoms with Crippen LogP contribution in [0.15, 0.2) is 23.8 Å². The monoisotopic (exact) mass is 405 g/mol. The van der Waals surface area contributed by atoms with E-state index in [1.165, 1.54) is 82.6 Å². The molecule has 168 valence electrons. The summed E-state index contributed by atoms with van der Waals surface area (Å²) in [5.41, 5.74) is 1.25. The van der Waals surface area contributed by atoms with Crippen molar-refractivity contribution in [2.24, 2.45) is 0 Å². The molecule has 29 heavy (non-hydrogen) atoms. The van der Waals surface area contributed by atoms with Crippen molar-refractivity contribution in [1.29, 1.82) is 0 Å². The molecule has 0 amide bonds. The molecule has 1 aromatic rings. The molecule has 0 aliphatic carbocycles. The average molecular weight is 406 g/mol. The van der Waals surface area contributed by atoms with Gasteiger partial charge in [-0.25, -0.2) is 0 Å². The van der Waals surface area contributed by atoms with Gasteiger partial charge >= 0.3 is 0 Å². The van der Waals surface area contributed by atoms with Crippen LogP contribution in [0.1, 0.15) is 130 Å². The van der Waals surface area contributed by atoms with Crippen LogP contribution in [0.4, 0.5) is 0 Å². The third-order valence-electron chi connectivity index (χ3n) is 6.07. The summed E-state index contributed by atoms with van der Waals surface area (Å²) in [4.78, 5) is 0. The van der Waals surface area contributed by atoms with Crippen molar-refractivity contribution in [2.75, 3.05) is 0 Å². The van der Waals surface area contributed by atoms with E-state index in [1.807, 2.05) is 0 Å². The van der Waals surface area contributed by atoms with E-state index < -0.39 is 0 Å². The molecular formula is C26H47NO2. The molecule has 0 saturated heterocycles. The fourth-order valence-corrected chi connectivity index (χ4v) is 4.16. The Morgan fingerprint density at radius 1 is 0.759 bits per heavy atom. The quantitative estimate of drug-likeness (QED) is 0.189. The minimum absolute atomic E-state index is 0.0577. The summed E-state index contributed by atoms with van der Waals surface area (Å²) < 4.78 is 1.67. The number of hydrogen-bond acceptors (Lipinski definition) is 2. The molecule has 0 fully saturated rings. The van der Waals surface area contributed by atoms with Gasteiger partial charge in [0.15, 0.2) is 11.8 Å². The van der Waals surface area contributed by atoms with Crippen LogP contribution in [0.5, 0.6) is 11.8 Å². The summed E-state index contributed by atoms with van der Waals surface area (Å²) in [7, 11) is 0. The normalized spacial score (nSPS) is 13.1. The zero-order valence-corrected chi connectivity index (χ0v) is 19.5. The van der Waals surface area contributed by atoms with Crippen LogP contribution in [0, 0.1) is 0 Å². The van der Waals surface area contributed by atoms with E-state index in [0.29, 0.717) is 0 Å². The van der Waals surface area contributed by atoms with Gasteiger partial charge in [0.1, 0.15) is 0 Å². The maximum Gasteiger partial charge on any atom is 0.194 e. The first kappa shape index (κ1) is 25.7. The highest BCUT2D eigenvalue weighted by atomic mass is 16.3. The molecule has 1 unspecified atom stereocenters. The Balaban J connectivity index is 2.21. The number of aromatic nitrogens is 1. The van der Waals surface area contributed by atoms with Crippen molar-refractivity contribution in [3.8, 4) is 11.8 Å². The van der Waals surface area contributed by atoms with Gasteiger partial charge in [-0.05, 0) is 26.2 Å². The summed E-state index contributed by atoms with van der Waals surface area (Å²) in [6, 6.07) is 3.21. The Bertz CT molecular complexity index is 527. The summed E-state index contributed by atoms with van der Waals surface area (Å²) in [5, 5.41) is 20.2. The molecule has 0 bridgehead atoms. The van der Waals surface area contributed by atoms with Gasteiger partial charge in [0.2, 0.25) is 0 Å². The third kappa shape index (κ3) is 10.8. The van der Waals surface area contributed by atoms with Gasteiger partial charge < -0.3 is 10.2 Å². The van der Waals surface area contributed by atoms with Gasteiger partial charge in [-0.2, -0.15) is 0 Å². The largest absolute Gasteiger partial charge is 0.494 e. The maximum absolute atomic E-state index is 10.1. The van der Waals surface area contributed by atoms with E-state index in [4.69, 9.17) is 0 Å². The van der Waals surface area contributed by atoms with Crippen molar-refractivity contribution in [3.05, 3.63) is 23.8 Å². The number of hydrogen-bond donors (Lipinski definition) is 2. The number of aromatic hydroxyl groups is 2. The lowest BCUT2D eigenvalue weighted by Gasteiger charge is -2.22. The Morgan fingerprint density at radius 3 is 1.69 bits per heavy atom. The lowest BCUT2D eigenvalue weighted by atomic mass is 10.00. The highest BCUT2D eigenvalue weighted by Crippen LogP contribution is 2.34. The molecule has 0 radical (unpaired) electrons. The Kier molecular flexibility index (Phi) is 14.5. The average Bonchev–Trinajstić information content (AvgIpc) is 3.04. The maximum atomic E-state index is 10.1. The van der Waals surface area contributed by atoms with Crippen molar-refractivity contribution >= 4 is 0 Å². The first-order valence-corrected chi connectivity index (χ1v) is 12.4. The first-order chi connectivity index (χ1) is 14.1. The summed E-state index contributed by atoms with van der Waals surface area (Å²) in [6.07, 6.45) is 23.1. The standard InChI is InChI=1S/C26H47NO2/c1-4-6-8-9-10-11-12-13-14-15-16-17-18-19-23(3)24(20-7-5-2)27-25(28)21-22-26(27)29/h19,21-22,24,28-29H,4-18,20H2,1-3H3. The lowest BCUT2D eigenvalue weighted by Crippen LogP contribution is -2.10. The number of rotatable bonds is 18. The molecule has 1 aromatic heterocycles. The number of unbranched alkanes of at least 4 members (excludes halogenated alkanes) is 13. The Morgan fingerprint density at radius 2 is 1.21 bits per heavy atom. The van der Waals surface area contributed by atoms with Gasteiger partial charge in [0.05, 0.1) is 6.04 Å². The minimum atomic E-state index is 0.0577. The van der Waals surface area contributed by atoms with Crippen molar-refractivity contribution in [1.82, 2.24) is 4.57 Å². The molecule has 3 heteroatoms. The fourth-order valence-electron chi connectivity index (χ4n) is 4.16. The lowest BCUT2D eigenvalue weighted by molar-refractivity contribution is 0.337. The van der Waals surface area contributed by atoms with Gasteiger partial charge in [-0.15, -0.1) is 0 Å². The van der Waals surface area contributed by atoms with E-state index in [-0.39, 0.29) is 17.8 Å². The van der Waals surface area contributed by atoms with Crippen molar-refractivity contribution in [3.63, 3.8) is 0 Å². The van der Waals surface area contributed by atoms with Crippen LogP contribution in [0.2, 0.25) is 0 Å². The number of allylic oxidation sites excluding steroid dienone is 2. The zero-order valence-electron chi connectivity index (χ0n) is 19.5. The molecule has 0 spiro atoms. The second kappa shape index (κ2) is 16.4. The predicted octanol–water partition coefficient (Wildman–Crippen LogP) is 8.67. The molecule has 0 aliphatic rings. The first-order valence-electron chi connectivity index (χ1n) is 12.4. The molecule has 1 heterocycles. The van der Waals surface area contributed by atoms with Gasteiger partial charge in [0.25, 0.3) is 0 Å². The minimum Gasteiger partial charge on any atom is -0.494 e.